The summed E-state index contributed by atoms with van der Waals surface area (Å²) in [6.07, 6.45) is 1.60. The first kappa shape index (κ1) is 13.9. The summed E-state index contributed by atoms with van der Waals surface area (Å²) in [6.45, 7) is 1.89. The van der Waals surface area contributed by atoms with Crippen LogP contribution in [0.4, 0.5) is 0 Å². The van der Waals surface area contributed by atoms with Gasteiger partial charge in [-0.1, -0.05) is 5.16 Å². The van der Waals surface area contributed by atoms with E-state index in [1.165, 1.54) is 0 Å². The lowest BCUT2D eigenvalue weighted by atomic mass is 10.1. The molecule has 1 unspecified atom stereocenters. The molecule has 6 heteroatoms. The first-order valence-corrected chi connectivity index (χ1v) is 6.98. The van der Waals surface area contributed by atoms with Crippen LogP contribution in [0.15, 0.2) is 22.7 Å². The number of nitrogens with zero attached hydrogens (tertiary/aromatic N) is 2. The number of rotatable bonds is 6. The van der Waals surface area contributed by atoms with E-state index >= 15 is 0 Å². The molecule has 1 aliphatic rings. The van der Waals surface area contributed by atoms with Crippen molar-refractivity contribution in [3.63, 3.8) is 0 Å². The van der Waals surface area contributed by atoms with Crippen LogP contribution in [0.25, 0.3) is 0 Å². The van der Waals surface area contributed by atoms with Crippen molar-refractivity contribution in [2.24, 2.45) is 0 Å². The van der Waals surface area contributed by atoms with Gasteiger partial charge in [-0.2, -0.15) is 4.98 Å². The average molecular weight is 290 g/mol. The summed E-state index contributed by atoms with van der Waals surface area (Å²) in [4.78, 5) is 4.31. The second kappa shape index (κ2) is 5.73. The Hall–Kier alpha value is -2.08. The van der Waals surface area contributed by atoms with E-state index in [1.807, 2.05) is 0 Å². The molecule has 1 saturated carbocycles. The molecule has 1 aromatic carbocycles. The summed E-state index contributed by atoms with van der Waals surface area (Å²) in [5.74, 6) is 2.85. The van der Waals surface area contributed by atoms with E-state index in [-0.39, 0.29) is 6.61 Å². The van der Waals surface area contributed by atoms with Gasteiger partial charge in [-0.25, -0.2) is 0 Å². The Morgan fingerprint density at radius 2 is 2.24 bits per heavy atom. The van der Waals surface area contributed by atoms with Crippen LogP contribution < -0.4 is 9.47 Å². The van der Waals surface area contributed by atoms with E-state index in [9.17, 15) is 5.11 Å². The molecule has 1 fully saturated rings. The second-order valence-corrected chi connectivity index (χ2v) is 5.19. The van der Waals surface area contributed by atoms with Crippen LogP contribution in [0.2, 0.25) is 0 Å². The van der Waals surface area contributed by atoms with Crippen molar-refractivity contribution in [1.29, 1.82) is 0 Å². The fourth-order valence-electron chi connectivity index (χ4n) is 2.08. The van der Waals surface area contributed by atoms with Crippen molar-refractivity contribution < 1.29 is 19.1 Å². The van der Waals surface area contributed by atoms with Crippen molar-refractivity contribution in [3.05, 3.63) is 35.5 Å². The Morgan fingerprint density at radius 3 is 2.90 bits per heavy atom. The summed E-state index contributed by atoms with van der Waals surface area (Å²) in [6, 6.07) is 5.31. The van der Waals surface area contributed by atoms with E-state index in [4.69, 9.17) is 14.0 Å². The van der Waals surface area contributed by atoms with Crippen LogP contribution in [-0.4, -0.2) is 22.4 Å². The van der Waals surface area contributed by atoms with Gasteiger partial charge in [0.1, 0.15) is 11.5 Å². The molecule has 0 spiro atoms. The minimum absolute atomic E-state index is 0.198. The van der Waals surface area contributed by atoms with E-state index in [0.29, 0.717) is 34.7 Å². The van der Waals surface area contributed by atoms with E-state index in [2.05, 4.69) is 10.1 Å². The third kappa shape index (κ3) is 3.16. The van der Waals surface area contributed by atoms with Gasteiger partial charge in [0, 0.05) is 17.5 Å². The Bertz CT molecular complexity index is 620. The standard InChI is InChI=1S/C15H18N2O4/c1-9(18)12-6-5-11(19-2)7-13(12)20-8-14-16-15(21-17-14)10-3-4-10/h5-7,9-10,18H,3-4,8H2,1-2H3. The fraction of sp³-hybridized carbons (Fsp3) is 0.467. The maximum atomic E-state index is 9.78. The molecule has 0 radical (unpaired) electrons. The summed E-state index contributed by atoms with van der Waals surface area (Å²) in [5.41, 5.74) is 0.696. The van der Waals surface area contributed by atoms with Crippen molar-refractivity contribution in [2.45, 2.75) is 38.4 Å². The number of hydrogen-bond donors (Lipinski definition) is 1. The van der Waals surface area contributed by atoms with Crippen LogP contribution in [0.1, 0.15) is 49.1 Å². The van der Waals surface area contributed by atoms with Gasteiger partial charge in [0.25, 0.3) is 0 Å². The van der Waals surface area contributed by atoms with E-state index < -0.39 is 6.10 Å². The smallest absolute Gasteiger partial charge is 0.229 e. The van der Waals surface area contributed by atoms with Gasteiger partial charge in [0.15, 0.2) is 6.61 Å². The van der Waals surface area contributed by atoms with Crippen LogP contribution in [0, 0.1) is 0 Å². The van der Waals surface area contributed by atoms with Gasteiger partial charge in [-0.15, -0.1) is 0 Å². The topological polar surface area (TPSA) is 77.6 Å². The zero-order valence-electron chi connectivity index (χ0n) is 12.1. The van der Waals surface area contributed by atoms with Crippen molar-refractivity contribution >= 4 is 0 Å². The molecule has 0 bridgehead atoms. The molecule has 1 aromatic heterocycles. The van der Waals surface area contributed by atoms with Crippen molar-refractivity contribution in [1.82, 2.24) is 10.1 Å². The molecule has 3 rings (SSSR count). The Kier molecular flexibility index (Phi) is 3.79. The number of aliphatic hydroxyl groups excluding tert-OH is 1. The van der Waals surface area contributed by atoms with Crippen LogP contribution in [-0.2, 0) is 6.61 Å². The summed E-state index contributed by atoms with van der Waals surface area (Å²) >= 11 is 0. The zero-order chi connectivity index (χ0) is 14.8. The number of hydrogen-bond acceptors (Lipinski definition) is 6. The number of aromatic nitrogens is 2. The minimum atomic E-state index is -0.627. The van der Waals surface area contributed by atoms with Crippen LogP contribution in [0.3, 0.4) is 0 Å². The van der Waals surface area contributed by atoms with Gasteiger partial charge in [0.2, 0.25) is 11.7 Å². The van der Waals surface area contributed by atoms with Gasteiger partial charge in [0.05, 0.1) is 13.2 Å². The quantitative estimate of drug-likeness (QED) is 0.881. The molecule has 0 saturated heterocycles. The highest BCUT2D eigenvalue weighted by Gasteiger charge is 2.29. The molecule has 1 aliphatic carbocycles. The first-order valence-electron chi connectivity index (χ1n) is 6.98. The third-order valence-corrected chi connectivity index (χ3v) is 3.44. The average Bonchev–Trinajstić information content (AvgIpc) is 3.23. The molecular weight excluding hydrogens is 272 g/mol. The van der Waals surface area contributed by atoms with Crippen molar-refractivity contribution in [3.8, 4) is 11.5 Å². The molecule has 1 N–H and O–H groups in total. The van der Waals surface area contributed by atoms with E-state index in [1.54, 1.807) is 32.2 Å². The fourth-order valence-corrected chi connectivity index (χ4v) is 2.08. The largest absolute Gasteiger partial charge is 0.497 e. The lowest BCUT2D eigenvalue weighted by Crippen LogP contribution is -2.03. The number of aliphatic hydroxyl groups is 1. The van der Waals surface area contributed by atoms with Gasteiger partial charge < -0.3 is 19.1 Å². The van der Waals surface area contributed by atoms with Crippen LogP contribution >= 0.6 is 0 Å². The molecule has 0 amide bonds. The third-order valence-electron chi connectivity index (χ3n) is 3.44. The second-order valence-electron chi connectivity index (χ2n) is 5.19. The monoisotopic (exact) mass is 290 g/mol. The molecule has 21 heavy (non-hydrogen) atoms. The van der Waals surface area contributed by atoms with Gasteiger partial charge in [-0.3, -0.25) is 0 Å². The molecule has 0 aliphatic heterocycles. The summed E-state index contributed by atoms with van der Waals surface area (Å²) in [7, 11) is 1.59. The lowest BCUT2D eigenvalue weighted by Gasteiger charge is -2.13. The summed E-state index contributed by atoms with van der Waals surface area (Å²) < 4.78 is 16.1. The number of benzene rings is 1. The predicted molar refractivity (Wildman–Crippen MR) is 74.2 cm³/mol. The molecule has 2 aromatic rings. The highest BCUT2D eigenvalue weighted by Crippen LogP contribution is 2.39. The molecular formula is C15H18N2O4. The highest BCUT2D eigenvalue weighted by molar-refractivity contribution is 5.41. The van der Waals surface area contributed by atoms with E-state index in [0.717, 1.165) is 12.8 Å². The highest BCUT2D eigenvalue weighted by atomic mass is 16.5. The first-order chi connectivity index (χ1) is 10.2. The molecule has 6 nitrogen and oxygen atoms in total. The summed E-state index contributed by atoms with van der Waals surface area (Å²) in [5, 5.41) is 13.7. The molecule has 112 valence electrons. The van der Waals surface area contributed by atoms with Gasteiger partial charge >= 0.3 is 0 Å². The number of ether oxygens (including phenoxy) is 2. The molecule has 1 atom stereocenters. The number of methoxy groups -OCH3 is 1. The Morgan fingerprint density at radius 1 is 1.43 bits per heavy atom. The maximum Gasteiger partial charge on any atom is 0.229 e. The van der Waals surface area contributed by atoms with Crippen LogP contribution in [0.5, 0.6) is 11.5 Å². The molecule has 1 heterocycles. The minimum Gasteiger partial charge on any atom is -0.497 e. The lowest BCUT2D eigenvalue weighted by molar-refractivity contribution is 0.189. The Labute approximate surface area is 122 Å². The normalized spacial score (nSPS) is 15.8. The predicted octanol–water partition coefficient (Wildman–Crippen LogP) is 2.59. The van der Waals surface area contributed by atoms with Crippen molar-refractivity contribution in [2.75, 3.05) is 7.11 Å². The SMILES string of the molecule is COc1ccc(C(C)O)c(OCc2noc(C3CC3)n2)c1. The maximum absolute atomic E-state index is 9.78. The zero-order valence-corrected chi connectivity index (χ0v) is 12.1. The Balaban J connectivity index is 1.73. The van der Waals surface area contributed by atoms with Gasteiger partial charge in [-0.05, 0) is 31.9 Å².